The Balaban J connectivity index is 1.54. The molecule has 3 aromatic rings. The van der Waals surface area contributed by atoms with Crippen LogP contribution in [0.3, 0.4) is 0 Å². The van der Waals surface area contributed by atoms with Crippen LogP contribution in [0, 0.1) is 0 Å². The van der Waals surface area contributed by atoms with Crippen LogP contribution in [-0.4, -0.2) is 43.1 Å². The Morgan fingerprint density at radius 1 is 1.23 bits per heavy atom. The van der Waals surface area contributed by atoms with Gasteiger partial charge in [0.25, 0.3) is 5.91 Å². The molecule has 0 N–H and O–H groups in total. The van der Waals surface area contributed by atoms with E-state index < -0.39 is 0 Å². The summed E-state index contributed by atoms with van der Waals surface area (Å²) in [4.78, 5) is 26.8. The van der Waals surface area contributed by atoms with Crippen LogP contribution in [0.15, 0.2) is 48.0 Å². The standard InChI is InChI=1S/C23H26N4O3S/c1-4-19(20-9-6-12-31-20)30-15-16-7-5-8-17(13-16)27-11-10-26(2)21-18(22(27)28)14-24-23(25-21)29-3/h5-9,12-14,19H,4,10-11,15H2,1-3H3. The van der Waals surface area contributed by atoms with Crippen molar-refractivity contribution in [1.82, 2.24) is 9.97 Å². The predicted octanol–water partition coefficient (Wildman–Crippen LogP) is 4.31. The van der Waals surface area contributed by atoms with Crippen LogP contribution < -0.4 is 14.5 Å². The van der Waals surface area contributed by atoms with Crippen LogP contribution in [0.25, 0.3) is 0 Å². The van der Waals surface area contributed by atoms with Crippen molar-refractivity contribution in [3.63, 3.8) is 0 Å². The fourth-order valence-electron chi connectivity index (χ4n) is 3.63. The summed E-state index contributed by atoms with van der Waals surface area (Å²) in [5, 5.41) is 2.07. The number of likely N-dealkylation sites (N-methyl/N-ethyl adjacent to an activating group) is 1. The third kappa shape index (κ3) is 4.55. The zero-order valence-electron chi connectivity index (χ0n) is 17.9. The van der Waals surface area contributed by atoms with Gasteiger partial charge < -0.3 is 19.3 Å². The minimum Gasteiger partial charge on any atom is -0.467 e. The smallest absolute Gasteiger partial charge is 0.318 e. The monoisotopic (exact) mass is 438 g/mol. The molecule has 4 rings (SSSR count). The number of anilines is 2. The molecule has 0 bridgehead atoms. The first-order valence-electron chi connectivity index (χ1n) is 10.3. The van der Waals surface area contributed by atoms with Gasteiger partial charge in [-0.3, -0.25) is 4.79 Å². The van der Waals surface area contributed by atoms with Gasteiger partial charge in [-0.15, -0.1) is 11.3 Å². The molecule has 0 saturated carbocycles. The minimum atomic E-state index is -0.120. The summed E-state index contributed by atoms with van der Waals surface area (Å²) in [6.07, 6.45) is 2.53. The number of aromatic nitrogens is 2. The van der Waals surface area contributed by atoms with Crippen LogP contribution in [0.1, 0.15) is 40.2 Å². The highest BCUT2D eigenvalue weighted by molar-refractivity contribution is 7.10. The number of benzene rings is 1. The highest BCUT2D eigenvalue weighted by atomic mass is 32.1. The number of ether oxygens (including phenoxy) is 2. The van der Waals surface area contributed by atoms with Gasteiger partial charge in [-0.1, -0.05) is 25.1 Å². The van der Waals surface area contributed by atoms with Gasteiger partial charge in [0.05, 0.1) is 19.8 Å². The summed E-state index contributed by atoms with van der Waals surface area (Å²) < 4.78 is 11.3. The normalized spacial score (nSPS) is 14.9. The van der Waals surface area contributed by atoms with Gasteiger partial charge in [0.2, 0.25) is 0 Å². The molecule has 1 unspecified atom stereocenters. The number of rotatable bonds is 7. The van der Waals surface area contributed by atoms with E-state index in [4.69, 9.17) is 9.47 Å². The van der Waals surface area contributed by atoms with Crippen molar-refractivity contribution in [2.24, 2.45) is 0 Å². The van der Waals surface area contributed by atoms with Crippen molar-refractivity contribution >= 4 is 28.7 Å². The molecule has 1 aliphatic rings. The Morgan fingerprint density at radius 3 is 2.84 bits per heavy atom. The molecule has 31 heavy (non-hydrogen) atoms. The van der Waals surface area contributed by atoms with E-state index in [9.17, 15) is 4.79 Å². The molecule has 1 amide bonds. The van der Waals surface area contributed by atoms with E-state index in [0.717, 1.165) is 17.7 Å². The zero-order valence-corrected chi connectivity index (χ0v) is 18.8. The Bertz CT molecular complexity index is 1040. The minimum absolute atomic E-state index is 0.0798. The lowest BCUT2D eigenvalue weighted by Gasteiger charge is -2.22. The number of fused-ring (bicyclic) bond motifs is 1. The number of thiophene rings is 1. The van der Waals surface area contributed by atoms with Crippen molar-refractivity contribution in [2.45, 2.75) is 26.1 Å². The molecule has 0 radical (unpaired) electrons. The number of methoxy groups -OCH3 is 1. The number of carbonyl (C=O) groups excluding carboxylic acids is 1. The summed E-state index contributed by atoms with van der Waals surface area (Å²) in [5.74, 6) is 0.464. The van der Waals surface area contributed by atoms with Gasteiger partial charge in [-0.2, -0.15) is 4.98 Å². The lowest BCUT2D eigenvalue weighted by molar-refractivity contribution is 0.0395. The highest BCUT2D eigenvalue weighted by Gasteiger charge is 2.28. The van der Waals surface area contributed by atoms with Gasteiger partial charge in [-0.05, 0) is 35.6 Å². The quantitative estimate of drug-likeness (QED) is 0.548. The molecule has 0 saturated heterocycles. The average molecular weight is 439 g/mol. The number of hydrogen-bond acceptors (Lipinski definition) is 7. The highest BCUT2D eigenvalue weighted by Crippen LogP contribution is 2.29. The molecule has 1 aliphatic heterocycles. The molecule has 8 heteroatoms. The molecule has 2 aromatic heterocycles. The largest absolute Gasteiger partial charge is 0.467 e. The third-order valence-corrected chi connectivity index (χ3v) is 6.29. The van der Waals surface area contributed by atoms with Crippen molar-refractivity contribution in [2.75, 3.05) is 37.0 Å². The Morgan fingerprint density at radius 2 is 2.10 bits per heavy atom. The van der Waals surface area contributed by atoms with Crippen molar-refractivity contribution in [3.05, 3.63) is 64.0 Å². The van der Waals surface area contributed by atoms with Crippen LogP contribution in [0.4, 0.5) is 11.5 Å². The summed E-state index contributed by atoms with van der Waals surface area (Å²) in [6, 6.07) is 12.4. The first-order valence-corrected chi connectivity index (χ1v) is 11.2. The van der Waals surface area contributed by atoms with E-state index in [1.165, 1.54) is 18.2 Å². The first-order chi connectivity index (χ1) is 15.1. The average Bonchev–Trinajstić information content (AvgIpc) is 3.30. The maximum Gasteiger partial charge on any atom is 0.318 e. The summed E-state index contributed by atoms with van der Waals surface area (Å²) in [5.41, 5.74) is 2.34. The molecule has 1 atom stereocenters. The molecule has 0 fully saturated rings. The second-order valence-electron chi connectivity index (χ2n) is 7.37. The van der Waals surface area contributed by atoms with Gasteiger partial charge in [0.15, 0.2) is 0 Å². The van der Waals surface area contributed by atoms with Crippen LogP contribution in [0.5, 0.6) is 6.01 Å². The Labute approximate surface area is 186 Å². The van der Waals surface area contributed by atoms with Gasteiger partial charge in [0, 0.05) is 36.9 Å². The molecular formula is C23H26N4O3S. The van der Waals surface area contributed by atoms with Crippen molar-refractivity contribution in [3.8, 4) is 6.01 Å². The van der Waals surface area contributed by atoms with Crippen LogP contribution in [0.2, 0.25) is 0 Å². The first kappa shape index (κ1) is 21.3. The molecule has 0 spiro atoms. The van der Waals surface area contributed by atoms with Crippen LogP contribution in [-0.2, 0) is 11.3 Å². The second-order valence-corrected chi connectivity index (χ2v) is 8.34. The summed E-state index contributed by atoms with van der Waals surface area (Å²) >= 11 is 1.71. The number of hydrogen-bond donors (Lipinski definition) is 0. The second kappa shape index (κ2) is 9.45. The van der Waals surface area contributed by atoms with Crippen LogP contribution >= 0.6 is 11.3 Å². The molecule has 7 nitrogen and oxygen atoms in total. The lowest BCUT2D eigenvalue weighted by Crippen LogP contribution is -2.33. The molecule has 3 heterocycles. The molecular weight excluding hydrogens is 412 g/mol. The van der Waals surface area contributed by atoms with Gasteiger partial charge >= 0.3 is 6.01 Å². The van der Waals surface area contributed by atoms with Gasteiger partial charge in [0.1, 0.15) is 11.4 Å². The summed E-state index contributed by atoms with van der Waals surface area (Å²) in [6.45, 7) is 3.81. The van der Waals surface area contributed by atoms with Gasteiger partial charge in [-0.25, -0.2) is 4.98 Å². The zero-order chi connectivity index (χ0) is 21.8. The molecule has 0 aliphatic carbocycles. The molecule has 162 valence electrons. The lowest BCUT2D eigenvalue weighted by atomic mass is 10.1. The molecule has 1 aromatic carbocycles. The SMILES string of the molecule is CCC(OCc1cccc(N2CCN(C)c3nc(OC)ncc3C2=O)c1)c1cccs1. The van der Waals surface area contributed by atoms with E-state index >= 15 is 0 Å². The van der Waals surface area contributed by atoms with Crippen molar-refractivity contribution in [1.29, 1.82) is 0 Å². The number of amides is 1. The van der Waals surface area contributed by atoms with E-state index in [1.807, 2.05) is 42.3 Å². The fourth-order valence-corrected chi connectivity index (χ4v) is 4.49. The summed E-state index contributed by atoms with van der Waals surface area (Å²) in [7, 11) is 3.43. The maximum absolute atomic E-state index is 13.3. The number of carbonyl (C=O) groups is 1. The van der Waals surface area contributed by atoms with E-state index in [2.05, 4.69) is 28.3 Å². The maximum atomic E-state index is 13.3. The van der Waals surface area contributed by atoms with Crippen molar-refractivity contribution < 1.29 is 14.3 Å². The Kier molecular flexibility index (Phi) is 6.48. The third-order valence-electron chi connectivity index (χ3n) is 5.33. The van der Waals surface area contributed by atoms with E-state index in [-0.39, 0.29) is 18.0 Å². The Hall–Kier alpha value is -2.97. The fraction of sp³-hybridized carbons (Fsp3) is 0.348. The predicted molar refractivity (Wildman–Crippen MR) is 122 cm³/mol. The van der Waals surface area contributed by atoms with E-state index in [0.29, 0.717) is 31.1 Å². The topological polar surface area (TPSA) is 67.8 Å². The number of nitrogens with zero attached hydrogens (tertiary/aromatic N) is 4. The van der Waals surface area contributed by atoms with E-state index in [1.54, 1.807) is 16.2 Å².